The van der Waals surface area contributed by atoms with Gasteiger partial charge in [0.1, 0.15) is 10.8 Å². The van der Waals surface area contributed by atoms with Crippen molar-refractivity contribution >= 4 is 33.3 Å². The van der Waals surface area contributed by atoms with Crippen molar-refractivity contribution in [3.8, 4) is 28.6 Å². The number of thiophene rings is 1. The number of methoxy groups -OCH3 is 3. The molecule has 0 atom stereocenters. The predicted octanol–water partition coefficient (Wildman–Crippen LogP) is 5.77. The lowest BCUT2D eigenvalue weighted by Crippen LogP contribution is -2.12. The lowest BCUT2D eigenvalue weighted by Gasteiger charge is -2.15. The number of nitrogens with zero attached hydrogens (tertiary/aromatic N) is 1. The number of hydrogen-bond acceptors (Lipinski definition) is 6. The lowest BCUT2D eigenvalue weighted by molar-refractivity contribution is -0.116. The van der Waals surface area contributed by atoms with Gasteiger partial charge >= 0.3 is 0 Å². The molecule has 4 aromatic rings. The van der Waals surface area contributed by atoms with Crippen molar-refractivity contribution in [3.63, 3.8) is 0 Å². The molecule has 0 aliphatic heterocycles. The highest BCUT2D eigenvalue weighted by Gasteiger charge is 2.25. The Kier molecular flexibility index (Phi) is 6.63. The van der Waals surface area contributed by atoms with Gasteiger partial charge in [0.2, 0.25) is 11.7 Å². The number of para-hydroxylation sites is 2. The summed E-state index contributed by atoms with van der Waals surface area (Å²) in [5.74, 6) is 2.50. The molecule has 182 valence electrons. The van der Waals surface area contributed by atoms with E-state index in [0.717, 1.165) is 52.2 Å². The first-order valence-corrected chi connectivity index (χ1v) is 12.6. The smallest absolute Gasteiger partial charge is 0.225 e. The van der Waals surface area contributed by atoms with Crippen LogP contribution in [0.4, 0.5) is 5.00 Å². The summed E-state index contributed by atoms with van der Waals surface area (Å²) in [5.41, 5.74) is 5.17. The van der Waals surface area contributed by atoms with Crippen LogP contribution in [0.3, 0.4) is 0 Å². The Bertz CT molecular complexity index is 1340. The van der Waals surface area contributed by atoms with Gasteiger partial charge in [-0.25, -0.2) is 4.98 Å². The third-order valence-electron chi connectivity index (χ3n) is 6.46. The highest BCUT2D eigenvalue weighted by molar-refractivity contribution is 7.17. The van der Waals surface area contributed by atoms with E-state index in [0.29, 0.717) is 30.1 Å². The van der Waals surface area contributed by atoms with Crippen molar-refractivity contribution in [3.05, 3.63) is 52.4 Å². The van der Waals surface area contributed by atoms with Crippen LogP contribution in [0.2, 0.25) is 0 Å². The van der Waals surface area contributed by atoms with E-state index in [-0.39, 0.29) is 5.91 Å². The molecular formula is C27H29N3O4S. The van der Waals surface area contributed by atoms with Crippen LogP contribution in [0.25, 0.3) is 22.4 Å². The van der Waals surface area contributed by atoms with Crippen molar-refractivity contribution in [2.45, 2.75) is 38.5 Å². The van der Waals surface area contributed by atoms with Crippen LogP contribution in [-0.2, 0) is 24.1 Å². The summed E-state index contributed by atoms with van der Waals surface area (Å²) < 4.78 is 16.4. The maximum Gasteiger partial charge on any atom is 0.225 e. The van der Waals surface area contributed by atoms with Gasteiger partial charge in [0, 0.05) is 11.3 Å². The highest BCUT2D eigenvalue weighted by atomic mass is 32.1. The van der Waals surface area contributed by atoms with Gasteiger partial charge in [-0.3, -0.25) is 4.79 Å². The molecule has 0 fully saturated rings. The molecule has 0 saturated carbocycles. The highest BCUT2D eigenvalue weighted by Crippen LogP contribution is 2.44. The van der Waals surface area contributed by atoms with Gasteiger partial charge in [-0.05, 0) is 61.4 Å². The molecule has 2 N–H and O–H groups in total. The van der Waals surface area contributed by atoms with Crippen molar-refractivity contribution < 1.29 is 19.0 Å². The largest absolute Gasteiger partial charge is 0.493 e. The molecule has 0 saturated heterocycles. The summed E-state index contributed by atoms with van der Waals surface area (Å²) in [6.07, 6.45) is 5.22. The molecule has 1 amide bonds. The number of anilines is 1. The summed E-state index contributed by atoms with van der Waals surface area (Å²) in [7, 11) is 4.76. The Morgan fingerprint density at radius 3 is 2.60 bits per heavy atom. The molecule has 35 heavy (non-hydrogen) atoms. The fourth-order valence-corrected chi connectivity index (χ4v) is 6.08. The van der Waals surface area contributed by atoms with E-state index in [9.17, 15) is 4.79 Å². The molecule has 0 bridgehead atoms. The maximum atomic E-state index is 13.1. The Labute approximate surface area is 208 Å². The van der Waals surface area contributed by atoms with Gasteiger partial charge < -0.3 is 24.5 Å². The molecule has 5 rings (SSSR count). The van der Waals surface area contributed by atoms with Crippen LogP contribution < -0.4 is 19.5 Å². The minimum absolute atomic E-state index is 0.0437. The zero-order valence-electron chi connectivity index (χ0n) is 20.2. The summed E-state index contributed by atoms with van der Waals surface area (Å²) >= 11 is 1.68. The molecule has 1 aliphatic carbocycles. The number of imidazole rings is 1. The first-order valence-electron chi connectivity index (χ1n) is 11.8. The lowest BCUT2D eigenvalue weighted by atomic mass is 9.95. The molecule has 0 radical (unpaired) electrons. The van der Waals surface area contributed by atoms with Gasteiger partial charge in [-0.1, -0.05) is 18.2 Å². The molecule has 8 heteroatoms. The van der Waals surface area contributed by atoms with E-state index in [4.69, 9.17) is 19.2 Å². The van der Waals surface area contributed by atoms with E-state index in [1.54, 1.807) is 32.7 Å². The normalized spacial score (nSPS) is 12.9. The van der Waals surface area contributed by atoms with Crippen LogP contribution in [0, 0.1) is 0 Å². The zero-order valence-corrected chi connectivity index (χ0v) is 21.0. The molecule has 1 aliphatic rings. The average molecular weight is 492 g/mol. The minimum Gasteiger partial charge on any atom is -0.493 e. The van der Waals surface area contributed by atoms with Crippen LogP contribution >= 0.6 is 11.3 Å². The monoisotopic (exact) mass is 491 g/mol. The van der Waals surface area contributed by atoms with Crippen LogP contribution in [0.1, 0.15) is 35.3 Å². The molecule has 2 heterocycles. The number of carbonyl (C=O) groups excluding carboxylic acids is 1. The molecule has 0 spiro atoms. The number of fused-ring (bicyclic) bond motifs is 2. The number of aromatic amines is 1. The summed E-state index contributed by atoms with van der Waals surface area (Å²) in [4.78, 5) is 22.8. The number of amides is 1. The average Bonchev–Trinajstić information content (AvgIpc) is 3.47. The second kappa shape index (κ2) is 10.00. The zero-order chi connectivity index (χ0) is 24.4. The molecule has 7 nitrogen and oxygen atoms in total. The fourth-order valence-electron chi connectivity index (χ4n) is 4.77. The number of rotatable bonds is 8. The number of H-pyrrole nitrogens is 1. The van der Waals surface area contributed by atoms with Crippen molar-refractivity contribution in [1.82, 2.24) is 9.97 Å². The quantitative estimate of drug-likeness (QED) is 0.327. The SMILES string of the molecule is COc1ccc(CCC(=O)Nc2sc3c(c2-c2nc4ccccc4[nH]2)CCCC3)c(OC)c1OC. The second-order valence-corrected chi connectivity index (χ2v) is 9.66. The molecule has 0 unspecified atom stereocenters. The topological polar surface area (TPSA) is 85.5 Å². The van der Waals surface area contributed by atoms with E-state index in [2.05, 4.69) is 10.3 Å². The van der Waals surface area contributed by atoms with E-state index in [1.165, 1.54) is 16.9 Å². The van der Waals surface area contributed by atoms with Gasteiger partial charge in [-0.15, -0.1) is 11.3 Å². The number of aromatic nitrogens is 2. The van der Waals surface area contributed by atoms with Gasteiger partial charge in [0.15, 0.2) is 11.5 Å². The molecule has 2 aromatic carbocycles. The fraction of sp³-hybridized carbons (Fsp3) is 0.333. The van der Waals surface area contributed by atoms with Crippen LogP contribution in [0.5, 0.6) is 17.2 Å². The number of aryl methyl sites for hydroxylation is 2. The Morgan fingerprint density at radius 1 is 1.03 bits per heavy atom. The number of ether oxygens (including phenoxy) is 3. The van der Waals surface area contributed by atoms with E-state index in [1.807, 2.05) is 36.4 Å². The first-order chi connectivity index (χ1) is 17.1. The number of benzene rings is 2. The second-order valence-electron chi connectivity index (χ2n) is 8.56. The minimum atomic E-state index is -0.0437. The van der Waals surface area contributed by atoms with Gasteiger partial charge in [0.05, 0.1) is 37.9 Å². The van der Waals surface area contributed by atoms with Crippen LogP contribution in [0.15, 0.2) is 36.4 Å². The first kappa shape index (κ1) is 23.2. The van der Waals surface area contributed by atoms with E-state index < -0.39 is 0 Å². The Hall–Kier alpha value is -3.52. The molecular weight excluding hydrogens is 462 g/mol. The molecule has 2 aromatic heterocycles. The van der Waals surface area contributed by atoms with Crippen LogP contribution in [-0.4, -0.2) is 37.2 Å². The predicted molar refractivity (Wildman–Crippen MR) is 139 cm³/mol. The van der Waals surface area contributed by atoms with E-state index >= 15 is 0 Å². The Balaban J connectivity index is 1.40. The maximum absolute atomic E-state index is 13.1. The number of nitrogens with one attached hydrogen (secondary N) is 2. The standard InChI is InChI=1S/C27H29N3O4S/c1-32-20-14-12-16(24(33-2)25(20)34-3)13-15-22(31)30-27-23(17-8-4-7-11-21(17)35-27)26-28-18-9-5-6-10-19(18)29-26/h5-6,9-10,12,14H,4,7-8,11,13,15H2,1-3H3,(H,28,29)(H,30,31). The third-order valence-corrected chi connectivity index (χ3v) is 7.66. The van der Waals surface area contributed by atoms with Crippen molar-refractivity contribution in [2.24, 2.45) is 0 Å². The van der Waals surface area contributed by atoms with Crippen molar-refractivity contribution in [2.75, 3.05) is 26.6 Å². The number of carbonyl (C=O) groups is 1. The Morgan fingerprint density at radius 2 is 1.83 bits per heavy atom. The van der Waals surface area contributed by atoms with Gasteiger partial charge in [-0.2, -0.15) is 0 Å². The summed E-state index contributed by atoms with van der Waals surface area (Å²) in [6.45, 7) is 0. The summed E-state index contributed by atoms with van der Waals surface area (Å²) in [6, 6.07) is 11.8. The van der Waals surface area contributed by atoms with Gasteiger partial charge in [0.25, 0.3) is 0 Å². The third kappa shape index (κ3) is 4.46. The summed E-state index contributed by atoms with van der Waals surface area (Å²) in [5, 5.41) is 4.07. The van der Waals surface area contributed by atoms with Crippen molar-refractivity contribution in [1.29, 1.82) is 0 Å². The number of hydrogen-bond donors (Lipinski definition) is 2.